The molecule has 0 heterocycles. The van der Waals surface area contributed by atoms with E-state index in [1.807, 2.05) is 6.08 Å². The fraction of sp³-hybridized carbons (Fsp3) is 0.789. The van der Waals surface area contributed by atoms with Crippen LogP contribution in [0, 0.1) is 28.6 Å². The lowest BCUT2D eigenvalue weighted by Gasteiger charge is -2.56. The summed E-state index contributed by atoms with van der Waals surface area (Å²) in [6.45, 7) is 4.49. The van der Waals surface area contributed by atoms with Gasteiger partial charge in [0.2, 0.25) is 0 Å². The quantitative estimate of drug-likeness (QED) is 0.673. The summed E-state index contributed by atoms with van der Waals surface area (Å²) in [6, 6.07) is 0. The van der Waals surface area contributed by atoms with Gasteiger partial charge in [-0.25, -0.2) is 0 Å². The van der Waals surface area contributed by atoms with Crippen molar-refractivity contribution in [3.63, 3.8) is 0 Å². The van der Waals surface area contributed by atoms with Crippen LogP contribution in [0.15, 0.2) is 11.6 Å². The second kappa shape index (κ2) is 4.30. The lowest BCUT2D eigenvalue weighted by Crippen LogP contribution is -2.50. The smallest absolute Gasteiger partial charge is 0.155 e. The number of Topliss-reactive ketones (excluding diaryl/α,β-unsaturated/α-hetero) is 1. The van der Waals surface area contributed by atoms with Crippen LogP contribution in [0.2, 0.25) is 0 Å². The van der Waals surface area contributed by atoms with E-state index in [0.717, 1.165) is 38.5 Å². The largest absolute Gasteiger partial charge is 0.299 e. The molecule has 4 rings (SSSR count). The van der Waals surface area contributed by atoms with Crippen LogP contribution in [0.25, 0.3) is 0 Å². The third kappa shape index (κ3) is 1.71. The molecule has 0 N–H and O–H groups in total. The van der Waals surface area contributed by atoms with Gasteiger partial charge < -0.3 is 0 Å². The van der Waals surface area contributed by atoms with Crippen LogP contribution in [0.1, 0.15) is 66.6 Å². The fourth-order valence-corrected chi connectivity index (χ4v) is 5.99. The van der Waals surface area contributed by atoms with Crippen molar-refractivity contribution >= 4 is 11.6 Å². The summed E-state index contributed by atoms with van der Waals surface area (Å²) in [7, 11) is 0. The van der Waals surface area contributed by atoms with Crippen molar-refractivity contribution in [2.45, 2.75) is 65.2 Å². The van der Waals surface area contributed by atoms with Crippen LogP contribution in [0.5, 0.6) is 0 Å². The molecule has 0 aromatic carbocycles. The first-order valence-electron chi connectivity index (χ1n) is 9.13. The normalized spacial score (nSPS) is 53.4. The summed E-state index contributed by atoms with van der Waals surface area (Å²) in [5.41, 5.74) is 1.17. The topological polar surface area (TPSA) is 34.1 Å². The van der Waals surface area contributed by atoms with Crippen molar-refractivity contribution in [2.24, 2.45) is 28.6 Å². The van der Waals surface area contributed by atoms with E-state index >= 15 is 0 Å². The molecular formula is C19H26O2. The van der Waals surface area contributed by atoms with E-state index in [9.17, 15) is 9.59 Å². The Morgan fingerprint density at radius 1 is 1.05 bits per heavy atom. The van der Waals surface area contributed by atoms with Crippen molar-refractivity contribution < 1.29 is 11.0 Å². The molecule has 4 aliphatic carbocycles. The number of allylic oxidation sites excluding steroid dienone is 1. The Bertz CT molecular complexity index is 580. The van der Waals surface area contributed by atoms with Crippen LogP contribution >= 0.6 is 0 Å². The van der Waals surface area contributed by atoms with Crippen LogP contribution in [-0.2, 0) is 9.59 Å². The maximum absolute atomic E-state index is 12.4. The molecule has 2 nitrogen and oxygen atoms in total. The molecule has 0 amide bonds. The average Bonchev–Trinajstić information content (AvgIpc) is 2.77. The van der Waals surface area contributed by atoms with Gasteiger partial charge in [-0.1, -0.05) is 19.4 Å². The van der Waals surface area contributed by atoms with Crippen molar-refractivity contribution in [1.82, 2.24) is 0 Å². The van der Waals surface area contributed by atoms with Crippen molar-refractivity contribution in [1.29, 1.82) is 0 Å². The van der Waals surface area contributed by atoms with Gasteiger partial charge in [0, 0.05) is 19.6 Å². The summed E-state index contributed by atoms with van der Waals surface area (Å²) in [6.07, 6.45) is 7.82. The molecule has 2 heteroatoms. The molecule has 0 aliphatic heterocycles. The zero-order valence-corrected chi connectivity index (χ0v) is 13.2. The van der Waals surface area contributed by atoms with Crippen molar-refractivity contribution in [2.75, 3.05) is 0 Å². The predicted octanol–water partition coefficient (Wildman–Crippen LogP) is 4.09. The molecule has 0 spiro atoms. The predicted molar refractivity (Wildman–Crippen MR) is 81.7 cm³/mol. The Hall–Kier alpha value is -0.920. The Morgan fingerprint density at radius 2 is 1.81 bits per heavy atom. The summed E-state index contributed by atoms with van der Waals surface area (Å²) in [5, 5.41) is 0. The zero-order chi connectivity index (χ0) is 15.7. The number of carbonyl (C=O) groups excluding carboxylic acids is 2. The number of hydrogen-bond donors (Lipinski definition) is 0. The van der Waals surface area contributed by atoms with Crippen molar-refractivity contribution in [3.05, 3.63) is 11.6 Å². The fourth-order valence-electron chi connectivity index (χ4n) is 5.99. The number of rotatable bonds is 0. The molecule has 114 valence electrons. The highest BCUT2D eigenvalue weighted by molar-refractivity contribution is 5.91. The van der Waals surface area contributed by atoms with Gasteiger partial charge in [0.05, 0.1) is 0 Å². The first-order chi connectivity index (χ1) is 10.4. The van der Waals surface area contributed by atoms with Gasteiger partial charge in [-0.3, -0.25) is 9.59 Å². The van der Waals surface area contributed by atoms with E-state index in [2.05, 4.69) is 13.8 Å². The van der Waals surface area contributed by atoms with Crippen LogP contribution in [-0.4, -0.2) is 11.6 Å². The third-order valence-electron chi connectivity index (χ3n) is 7.43. The number of ketones is 2. The van der Waals surface area contributed by atoms with Crippen LogP contribution in [0.3, 0.4) is 0 Å². The molecule has 0 aromatic rings. The minimum atomic E-state index is -0.164. The van der Waals surface area contributed by atoms with E-state index in [1.165, 1.54) is 5.57 Å². The molecule has 0 saturated heterocycles. The molecule has 3 fully saturated rings. The maximum Gasteiger partial charge on any atom is 0.155 e. The summed E-state index contributed by atoms with van der Waals surface area (Å²) in [5.74, 6) is 1.92. The van der Waals surface area contributed by atoms with Gasteiger partial charge in [-0.05, 0) is 67.7 Å². The van der Waals surface area contributed by atoms with Crippen LogP contribution < -0.4 is 0 Å². The molecule has 0 radical (unpaired) electrons. The Kier molecular flexibility index (Phi) is 2.58. The van der Waals surface area contributed by atoms with E-state index < -0.39 is 0 Å². The second-order valence-corrected chi connectivity index (χ2v) is 8.20. The number of fused-ring (bicyclic) bond motifs is 5. The highest BCUT2D eigenvalue weighted by atomic mass is 16.1. The molecule has 0 aromatic heterocycles. The Morgan fingerprint density at radius 3 is 2.62 bits per heavy atom. The average molecular weight is 288 g/mol. The SMILES string of the molecule is [3H]C1CC2=CC(=O)CC[C@]2(C)[C@H]2CC[C@]3(C)C(=O)CC[C@H]3[C@H]12. The standard InChI is InChI=1S/C19H26O2/c1-18-9-7-13(20)11-12(18)3-4-14-15-5-6-17(21)19(15,2)10-8-16(14)18/h11,14-16H,3-10H2,1-2H3/t14-,15-,16-,18-,19-/m0/s1/i4T/t4?,14-,15-,16-,18-,19-. The second-order valence-electron chi connectivity index (χ2n) is 8.20. The Labute approximate surface area is 128 Å². The highest BCUT2D eigenvalue weighted by Crippen LogP contribution is 2.64. The molecule has 21 heavy (non-hydrogen) atoms. The molecule has 0 bridgehead atoms. The molecule has 1 unspecified atom stereocenters. The van der Waals surface area contributed by atoms with E-state index in [4.69, 9.17) is 1.37 Å². The minimum Gasteiger partial charge on any atom is -0.299 e. The number of hydrogen-bond acceptors (Lipinski definition) is 2. The number of carbonyl (C=O) groups is 2. The maximum atomic E-state index is 12.4. The highest BCUT2D eigenvalue weighted by Gasteiger charge is 2.58. The van der Waals surface area contributed by atoms with Gasteiger partial charge in [-0.2, -0.15) is 0 Å². The van der Waals surface area contributed by atoms with Crippen LogP contribution in [0.4, 0.5) is 0 Å². The van der Waals surface area contributed by atoms with Gasteiger partial charge in [-0.15, -0.1) is 0 Å². The van der Waals surface area contributed by atoms with Gasteiger partial charge in [0.25, 0.3) is 0 Å². The minimum absolute atomic E-state index is 0.100. The lowest BCUT2D eigenvalue weighted by atomic mass is 9.47. The summed E-state index contributed by atoms with van der Waals surface area (Å²) in [4.78, 5) is 24.2. The lowest BCUT2D eigenvalue weighted by molar-refractivity contribution is -0.132. The first kappa shape index (κ1) is 12.6. The van der Waals surface area contributed by atoms with Gasteiger partial charge in [0.1, 0.15) is 5.78 Å². The van der Waals surface area contributed by atoms with E-state index in [0.29, 0.717) is 30.0 Å². The molecular weight excluding hydrogens is 260 g/mol. The summed E-state index contributed by atoms with van der Waals surface area (Å²) >= 11 is 0. The molecule has 4 aliphatic rings. The van der Waals surface area contributed by atoms with E-state index in [-0.39, 0.29) is 23.0 Å². The zero-order valence-electron chi connectivity index (χ0n) is 14.2. The Balaban J connectivity index is 1.75. The van der Waals surface area contributed by atoms with Gasteiger partial charge >= 0.3 is 0 Å². The first-order valence-corrected chi connectivity index (χ1v) is 8.56. The monoisotopic (exact) mass is 288 g/mol. The van der Waals surface area contributed by atoms with E-state index in [1.54, 1.807) is 0 Å². The molecule has 3 saturated carbocycles. The van der Waals surface area contributed by atoms with Gasteiger partial charge in [0.15, 0.2) is 5.78 Å². The summed E-state index contributed by atoms with van der Waals surface area (Å²) < 4.78 is 8.71. The third-order valence-corrected chi connectivity index (χ3v) is 7.43. The molecule has 6 atom stereocenters. The van der Waals surface area contributed by atoms with Crippen molar-refractivity contribution in [3.8, 4) is 0 Å².